The quantitative estimate of drug-likeness (QED) is 0.342. The molecule has 1 atom stereocenters. The highest BCUT2D eigenvalue weighted by Gasteiger charge is 2.24. The van der Waals surface area contributed by atoms with Gasteiger partial charge in [0.25, 0.3) is 11.1 Å². The number of nitrogens with zero attached hydrogens (tertiary/aromatic N) is 3. The van der Waals surface area contributed by atoms with E-state index >= 15 is 0 Å². The number of hydrogen-bond donors (Lipinski definition) is 0. The van der Waals surface area contributed by atoms with Crippen molar-refractivity contribution < 1.29 is 9.21 Å². The molecular formula is C23H21N3O2S2. The summed E-state index contributed by atoms with van der Waals surface area (Å²) in [6, 6.07) is 23.9. The van der Waals surface area contributed by atoms with Crippen LogP contribution in [0.25, 0.3) is 10.8 Å². The Morgan fingerprint density at radius 1 is 0.967 bits per heavy atom. The highest BCUT2D eigenvalue weighted by Crippen LogP contribution is 2.29. The van der Waals surface area contributed by atoms with Crippen LogP contribution in [0, 0.1) is 0 Å². The summed E-state index contributed by atoms with van der Waals surface area (Å²) >= 11 is 2.83. The molecule has 2 aromatic carbocycles. The molecule has 0 bridgehead atoms. The van der Waals surface area contributed by atoms with E-state index in [-0.39, 0.29) is 11.2 Å². The fraction of sp³-hybridized carbons (Fsp3) is 0.174. The summed E-state index contributed by atoms with van der Waals surface area (Å²) in [5, 5.41) is 10.2. The molecule has 0 aliphatic carbocycles. The number of thiophene rings is 1. The summed E-state index contributed by atoms with van der Waals surface area (Å²) in [7, 11) is 0. The van der Waals surface area contributed by atoms with Crippen molar-refractivity contribution >= 4 is 29.0 Å². The average molecular weight is 436 g/mol. The first-order valence-corrected chi connectivity index (χ1v) is 11.4. The lowest BCUT2D eigenvalue weighted by atomic mass is 10.1. The molecule has 0 spiro atoms. The summed E-state index contributed by atoms with van der Waals surface area (Å²) in [4.78, 5) is 16.1. The normalized spacial score (nSPS) is 11.9. The van der Waals surface area contributed by atoms with Crippen LogP contribution in [0.3, 0.4) is 0 Å². The van der Waals surface area contributed by atoms with E-state index in [1.807, 2.05) is 90.0 Å². The number of amides is 1. The van der Waals surface area contributed by atoms with Gasteiger partial charge in [-0.05, 0) is 29.5 Å². The fourth-order valence-electron chi connectivity index (χ4n) is 3.04. The molecule has 152 valence electrons. The molecule has 0 saturated heterocycles. The summed E-state index contributed by atoms with van der Waals surface area (Å²) in [5.41, 5.74) is 2.19. The lowest BCUT2D eigenvalue weighted by molar-refractivity contribution is -0.131. The van der Waals surface area contributed by atoms with Gasteiger partial charge in [0.2, 0.25) is 5.91 Å². The number of carbonyl (C=O) groups excluding carboxylic acids is 1. The molecule has 2 heterocycles. The molecule has 4 aromatic rings. The van der Waals surface area contributed by atoms with Crippen molar-refractivity contribution in [1.29, 1.82) is 0 Å². The molecule has 0 aliphatic heterocycles. The van der Waals surface area contributed by atoms with Crippen molar-refractivity contribution in [2.24, 2.45) is 0 Å². The van der Waals surface area contributed by atoms with Crippen LogP contribution in [0.15, 0.2) is 87.8 Å². The molecule has 0 fully saturated rings. The third-order valence-corrected chi connectivity index (χ3v) is 6.29. The van der Waals surface area contributed by atoms with Gasteiger partial charge in [-0.3, -0.25) is 4.79 Å². The molecule has 5 nitrogen and oxygen atoms in total. The van der Waals surface area contributed by atoms with Gasteiger partial charge >= 0.3 is 0 Å². The third-order valence-electron chi connectivity index (χ3n) is 4.51. The molecule has 0 radical (unpaired) electrons. The van der Waals surface area contributed by atoms with E-state index in [0.29, 0.717) is 24.2 Å². The average Bonchev–Trinajstić information content (AvgIpc) is 3.46. The number of thioether (sulfide) groups is 1. The topological polar surface area (TPSA) is 59.2 Å². The van der Waals surface area contributed by atoms with Crippen LogP contribution in [-0.2, 0) is 17.9 Å². The number of hydrogen-bond acceptors (Lipinski definition) is 6. The Labute approximate surface area is 183 Å². The van der Waals surface area contributed by atoms with Crippen LogP contribution < -0.4 is 0 Å². The standard InChI is InChI=1S/C23H21N3O2S2/c1-17(30-23-25-24-21(28-23)20-13-8-14-29-20)22(27)26(15-18-9-4-2-5-10-18)16-19-11-6-3-7-12-19/h2-14,17H,15-16H2,1H3/t17-/m1/s1. The molecule has 1 amide bonds. The Morgan fingerprint density at radius 3 is 2.17 bits per heavy atom. The Morgan fingerprint density at radius 2 is 1.60 bits per heavy atom. The van der Waals surface area contributed by atoms with Gasteiger partial charge < -0.3 is 9.32 Å². The number of benzene rings is 2. The van der Waals surface area contributed by atoms with Gasteiger partial charge in [0.1, 0.15) is 0 Å². The Bertz CT molecular complexity index is 1020. The molecular weight excluding hydrogens is 414 g/mol. The van der Waals surface area contributed by atoms with Crippen LogP contribution in [0.1, 0.15) is 18.1 Å². The minimum Gasteiger partial charge on any atom is -0.410 e. The van der Waals surface area contributed by atoms with E-state index in [9.17, 15) is 4.79 Å². The molecule has 0 N–H and O–H groups in total. The second-order valence-corrected chi connectivity index (χ2v) is 9.02. The fourth-order valence-corrected chi connectivity index (χ4v) is 4.45. The van der Waals surface area contributed by atoms with Crippen LogP contribution in [0.2, 0.25) is 0 Å². The molecule has 0 saturated carbocycles. The van der Waals surface area contributed by atoms with Crippen molar-refractivity contribution in [2.45, 2.75) is 30.5 Å². The van der Waals surface area contributed by atoms with Gasteiger partial charge in [-0.25, -0.2) is 0 Å². The lowest BCUT2D eigenvalue weighted by Gasteiger charge is -2.25. The largest absolute Gasteiger partial charge is 0.410 e. The van der Waals surface area contributed by atoms with Gasteiger partial charge in [0, 0.05) is 13.1 Å². The summed E-state index contributed by atoms with van der Waals surface area (Å²) in [6.45, 7) is 2.97. The summed E-state index contributed by atoms with van der Waals surface area (Å²) in [5.74, 6) is 0.515. The van der Waals surface area contributed by atoms with Crippen LogP contribution in [0.4, 0.5) is 0 Å². The van der Waals surface area contributed by atoms with E-state index in [1.54, 1.807) is 11.3 Å². The number of aromatic nitrogens is 2. The summed E-state index contributed by atoms with van der Waals surface area (Å²) in [6.07, 6.45) is 0. The molecule has 2 aromatic heterocycles. The highest BCUT2D eigenvalue weighted by atomic mass is 32.2. The smallest absolute Gasteiger partial charge is 0.277 e. The van der Waals surface area contributed by atoms with Gasteiger partial charge in [0.15, 0.2) is 0 Å². The highest BCUT2D eigenvalue weighted by molar-refractivity contribution is 8.00. The van der Waals surface area contributed by atoms with E-state index in [0.717, 1.165) is 16.0 Å². The first-order valence-electron chi connectivity index (χ1n) is 9.60. The zero-order valence-corrected chi connectivity index (χ0v) is 18.1. The van der Waals surface area contributed by atoms with Gasteiger partial charge in [0.05, 0.1) is 10.1 Å². The van der Waals surface area contributed by atoms with Crippen LogP contribution in [-0.4, -0.2) is 26.3 Å². The third kappa shape index (κ3) is 5.17. The second kappa shape index (κ2) is 9.73. The SMILES string of the molecule is C[C@@H](Sc1nnc(-c2cccs2)o1)C(=O)N(Cc1ccccc1)Cc1ccccc1. The van der Waals surface area contributed by atoms with Gasteiger partial charge in [-0.15, -0.1) is 21.5 Å². The Kier molecular flexibility index (Phi) is 6.61. The van der Waals surface area contributed by atoms with Gasteiger partial charge in [-0.2, -0.15) is 0 Å². The maximum absolute atomic E-state index is 13.3. The maximum atomic E-state index is 13.3. The van der Waals surface area contributed by atoms with Crippen LogP contribution in [0.5, 0.6) is 0 Å². The minimum atomic E-state index is -0.353. The van der Waals surface area contributed by atoms with Crippen molar-refractivity contribution in [3.05, 3.63) is 89.3 Å². The zero-order chi connectivity index (χ0) is 20.8. The van der Waals surface area contributed by atoms with Crippen molar-refractivity contribution in [1.82, 2.24) is 15.1 Å². The van der Waals surface area contributed by atoms with E-state index in [2.05, 4.69) is 10.2 Å². The maximum Gasteiger partial charge on any atom is 0.277 e. The molecule has 7 heteroatoms. The molecule has 30 heavy (non-hydrogen) atoms. The number of carbonyl (C=O) groups is 1. The first kappa shape index (κ1) is 20.4. The summed E-state index contributed by atoms with van der Waals surface area (Å²) < 4.78 is 5.75. The Balaban J connectivity index is 1.48. The monoisotopic (exact) mass is 435 g/mol. The van der Waals surface area contributed by atoms with E-state index in [4.69, 9.17) is 4.42 Å². The minimum absolute atomic E-state index is 0.0311. The van der Waals surface area contributed by atoms with Crippen molar-refractivity contribution in [3.63, 3.8) is 0 Å². The van der Waals surface area contributed by atoms with Gasteiger partial charge in [-0.1, -0.05) is 78.5 Å². The second-order valence-electron chi connectivity index (χ2n) is 6.78. The first-order chi connectivity index (χ1) is 14.7. The lowest BCUT2D eigenvalue weighted by Crippen LogP contribution is -2.35. The Hall–Kier alpha value is -2.90. The van der Waals surface area contributed by atoms with Crippen molar-refractivity contribution in [2.75, 3.05) is 0 Å². The van der Waals surface area contributed by atoms with E-state index < -0.39 is 0 Å². The van der Waals surface area contributed by atoms with Crippen molar-refractivity contribution in [3.8, 4) is 10.8 Å². The van der Waals surface area contributed by atoms with E-state index in [1.165, 1.54) is 11.8 Å². The molecule has 0 unspecified atom stereocenters. The molecule has 4 rings (SSSR count). The molecule has 0 aliphatic rings. The van der Waals surface area contributed by atoms with Crippen LogP contribution >= 0.6 is 23.1 Å². The predicted octanol–water partition coefficient (Wildman–Crippen LogP) is 5.51. The zero-order valence-electron chi connectivity index (χ0n) is 16.5. The predicted molar refractivity (Wildman–Crippen MR) is 120 cm³/mol. The number of rotatable bonds is 8.